The Morgan fingerprint density at radius 2 is 2.18 bits per heavy atom. The number of carbonyl (C=O) groups excluding carboxylic acids is 2. The molecule has 0 aromatic rings. The van der Waals surface area contributed by atoms with Gasteiger partial charge in [-0.25, -0.2) is 0 Å². The maximum atomic E-state index is 11.8. The van der Waals surface area contributed by atoms with E-state index in [0.717, 1.165) is 0 Å². The van der Waals surface area contributed by atoms with Crippen molar-refractivity contribution in [2.75, 3.05) is 20.3 Å². The van der Waals surface area contributed by atoms with Gasteiger partial charge in [0.2, 0.25) is 0 Å². The van der Waals surface area contributed by atoms with Crippen LogP contribution in [-0.2, 0) is 23.8 Å². The third-order valence-electron chi connectivity index (χ3n) is 3.50. The smallest absolute Gasteiger partial charge is 0.305 e. The SMILES string of the molecule is COC(=O)CC[C@H]1CC2(CCC1=O)OCCO2. The molecular weight excluding hydrogens is 224 g/mol. The minimum Gasteiger partial charge on any atom is -0.469 e. The molecule has 5 nitrogen and oxygen atoms in total. The highest BCUT2D eigenvalue weighted by Gasteiger charge is 2.44. The summed E-state index contributed by atoms with van der Waals surface area (Å²) in [6.07, 6.45) is 2.50. The number of esters is 1. The molecule has 0 unspecified atom stereocenters. The Morgan fingerprint density at radius 1 is 1.47 bits per heavy atom. The molecule has 0 aromatic carbocycles. The van der Waals surface area contributed by atoms with E-state index < -0.39 is 5.79 Å². The second-order valence-corrected chi connectivity index (χ2v) is 4.59. The molecule has 0 amide bonds. The van der Waals surface area contributed by atoms with Gasteiger partial charge in [-0.2, -0.15) is 0 Å². The molecule has 1 atom stereocenters. The number of rotatable bonds is 3. The van der Waals surface area contributed by atoms with Gasteiger partial charge in [0.25, 0.3) is 0 Å². The topological polar surface area (TPSA) is 61.8 Å². The van der Waals surface area contributed by atoms with E-state index in [1.807, 2.05) is 0 Å². The van der Waals surface area contributed by atoms with E-state index in [1.165, 1.54) is 7.11 Å². The van der Waals surface area contributed by atoms with Crippen LogP contribution in [0.3, 0.4) is 0 Å². The van der Waals surface area contributed by atoms with Gasteiger partial charge in [-0.15, -0.1) is 0 Å². The minimum absolute atomic E-state index is 0.138. The molecule has 1 heterocycles. The zero-order chi connectivity index (χ0) is 12.3. The third kappa shape index (κ3) is 2.84. The van der Waals surface area contributed by atoms with Crippen LogP contribution in [0, 0.1) is 5.92 Å². The summed E-state index contributed by atoms with van der Waals surface area (Å²) >= 11 is 0. The van der Waals surface area contributed by atoms with Gasteiger partial charge in [-0.1, -0.05) is 0 Å². The van der Waals surface area contributed by atoms with Crippen molar-refractivity contribution in [2.24, 2.45) is 5.92 Å². The summed E-state index contributed by atoms with van der Waals surface area (Å²) in [5.74, 6) is -0.764. The van der Waals surface area contributed by atoms with E-state index in [1.54, 1.807) is 0 Å². The summed E-state index contributed by atoms with van der Waals surface area (Å²) in [7, 11) is 1.36. The number of methoxy groups -OCH3 is 1. The molecule has 96 valence electrons. The minimum atomic E-state index is -0.561. The molecular formula is C12H18O5. The molecule has 5 heteroatoms. The zero-order valence-corrected chi connectivity index (χ0v) is 10.1. The number of ether oxygens (including phenoxy) is 3. The molecule has 1 spiro atoms. The van der Waals surface area contributed by atoms with Crippen LogP contribution in [0.15, 0.2) is 0 Å². The molecule has 0 aromatic heterocycles. The van der Waals surface area contributed by atoms with Crippen LogP contribution in [-0.4, -0.2) is 37.9 Å². The van der Waals surface area contributed by atoms with Gasteiger partial charge in [-0.05, 0) is 6.42 Å². The first-order valence-corrected chi connectivity index (χ1v) is 6.03. The van der Waals surface area contributed by atoms with E-state index in [-0.39, 0.29) is 24.1 Å². The molecule has 1 saturated carbocycles. The third-order valence-corrected chi connectivity index (χ3v) is 3.50. The van der Waals surface area contributed by atoms with Gasteiger partial charge < -0.3 is 14.2 Å². The fraction of sp³-hybridized carbons (Fsp3) is 0.833. The Hall–Kier alpha value is -0.940. The van der Waals surface area contributed by atoms with Crippen LogP contribution >= 0.6 is 0 Å². The highest BCUT2D eigenvalue weighted by Crippen LogP contribution is 2.38. The van der Waals surface area contributed by atoms with E-state index in [4.69, 9.17) is 9.47 Å². The quantitative estimate of drug-likeness (QED) is 0.692. The Morgan fingerprint density at radius 3 is 2.82 bits per heavy atom. The summed E-state index contributed by atoms with van der Waals surface area (Å²) in [5.41, 5.74) is 0. The molecule has 1 aliphatic carbocycles. The van der Waals surface area contributed by atoms with Gasteiger partial charge >= 0.3 is 5.97 Å². The maximum Gasteiger partial charge on any atom is 0.305 e. The summed E-state index contributed by atoms with van der Waals surface area (Å²) in [5, 5.41) is 0. The summed E-state index contributed by atoms with van der Waals surface area (Å²) in [6, 6.07) is 0. The van der Waals surface area contributed by atoms with Gasteiger partial charge in [0, 0.05) is 31.6 Å². The molecule has 17 heavy (non-hydrogen) atoms. The summed E-state index contributed by atoms with van der Waals surface area (Å²) in [6.45, 7) is 1.19. The Balaban J connectivity index is 1.90. The fourth-order valence-electron chi connectivity index (χ4n) is 2.53. The molecule has 2 aliphatic rings. The van der Waals surface area contributed by atoms with Crippen molar-refractivity contribution >= 4 is 11.8 Å². The molecule has 0 N–H and O–H groups in total. The fourth-order valence-corrected chi connectivity index (χ4v) is 2.53. The van der Waals surface area contributed by atoms with Gasteiger partial charge in [0.1, 0.15) is 5.78 Å². The first-order valence-electron chi connectivity index (χ1n) is 6.03. The lowest BCUT2D eigenvalue weighted by molar-refractivity contribution is -0.189. The average molecular weight is 242 g/mol. The molecule has 1 aliphatic heterocycles. The number of carbonyl (C=O) groups is 2. The van der Waals surface area contributed by atoms with Crippen molar-refractivity contribution in [2.45, 2.75) is 37.9 Å². The Bertz CT molecular complexity index is 306. The molecule has 0 radical (unpaired) electrons. The lowest BCUT2D eigenvalue weighted by Crippen LogP contribution is -2.40. The monoisotopic (exact) mass is 242 g/mol. The number of Topliss-reactive ketones (excluding diaryl/α,β-unsaturated/α-hetero) is 1. The van der Waals surface area contributed by atoms with Gasteiger partial charge in [-0.3, -0.25) is 9.59 Å². The van der Waals surface area contributed by atoms with E-state index in [9.17, 15) is 9.59 Å². The predicted molar refractivity (Wildman–Crippen MR) is 58.2 cm³/mol. The lowest BCUT2D eigenvalue weighted by Gasteiger charge is -2.35. The molecule has 2 fully saturated rings. The van der Waals surface area contributed by atoms with Crippen LogP contribution < -0.4 is 0 Å². The van der Waals surface area contributed by atoms with E-state index in [2.05, 4.69) is 4.74 Å². The van der Waals surface area contributed by atoms with Gasteiger partial charge in [0.15, 0.2) is 5.79 Å². The number of hydrogen-bond acceptors (Lipinski definition) is 5. The highest BCUT2D eigenvalue weighted by molar-refractivity contribution is 5.82. The average Bonchev–Trinajstić information content (AvgIpc) is 2.79. The zero-order valence-electron chi connectivity index (χ0n) is 10.1. The number of ketones is 1. The van der Waals surface area contributed by atoms with Gasteiger partial charge in [0.05, 0.1) is 20.3 Å². The first-order chi connectivity index (χ1) is 8.15. The van der Waals surface area contributed by atoms with Crippen molar-refractivity contribution in [3.63, 3.8) is 0 Å². The predicted octanol–water partition coefficient (Wildman–Crippen LogP) is 1.05. The van der Waals surface area contributed by atoms with E-state index >= 15 is 0 Å². The standard InChI is InChI=1S/C12H18O5/c1-15-11(14)3-2-9-8-12(5-4-10(9)13)16-6-7-17-12/h9H,2-8H2,1H3/t9-/m0/s1. The highest BCUT2D eigenvalue weighted by atomic mass is 16.7. The van der Waals surface area contributed by atoms with Crippen molar-refractivity contribution in [1.82, 2.24) is 0 Å². The second kappa shape index (κ2) is 5.14. The first kappa shape index (κ1) is 12.5. The second-order valence-electron chi connectivity index (χ2n) is 4.59. The summed E-state index contributed by atoms with van der Waals surface area (Å²) < 4.78 is 15.8. The van der Waals surface area contributed by atoms with Crippen LogP contribution in [0.2, 0.25) is 0 Å². The normalized spacial score (nSPS) is 27.4. The van der Waals surface area contributed by atoms with Crippen LogP contribution in [0.25, 0.3) is 0 Å². The molecule has 0 bridgehead atoms. The number of hydrogen-bond donors (Lipinski definition) is 0. The Labute approximate surface area is 100 Å². The van der Waals surface area contributed by atoms with Crippen molar-refractivity contribution < 1.29 is 23.8 Å². The van der Waals surface area contributed by atoms with Crippen LogP contribution in [0.4, 0.5) is 0 Å². The van der Waals surface area contributed by atoms with Crippen LogP contribution in [0.1, 0.15) is 32.1 Å². The van der Waals surface area contributed by atoms with Crippen molar-refractivity contribution in [1.29, 1.82) is 0 Å². The Kier molecular flexibility index (Phi) is 3.79. The van der Waals surface area contributed by atoms with E-state index in [0.29, 0.717) is 38.9 Å². The maximum absolute atomic E-state index is 11.8. The molecule has 1 saturated heterocycles. The largest absolute Gasteiger partial charge is 0.469 e. The van der Waals surface area contributed by atoms with Crippen molar-refractivity contribution in [3.8, 4) is 0 Å². The molecule has 2 rings (SSSR count). The lowest BCUT2D eigenvalue weighted by atomic mass is 9.81. The van der Waals surface area contributed by atoms with Crippen molar-refractivity contribution in [3.05, 3.63) is 0 Å². The van der Waals surface area contributed by atoms with Crippen LogP contribution in [0.5, 0.6) is 0 Å². The summed E-state index contributed by atoms with van der Waals surface area (Å²) in [4.78, 5) is 22.8.